The number of aromatic amines is 1. The number of hydrogen-bond acceptors (Lipinski definition) is 5. The Kier molecular flexibility index (Phi) is 5.57. The fourth-order valence-electron chi connectivity index (χ4n) is 3.46. The van der Waals surface area contributed by atoms with Crippen molar-refractivity contribution in [3.05, 3.63) is 70.2 Å². The van der Waals surface area contributed by atoms with Gasteiger partial charge in [0.05, 0.1) is 23.6 Å². The Morgan fingerprint density at radius 2 is 2.17 bits per heavy atom. The summed E-state index contributed by atoms with van der Waals surface area (Å²) in [5.41, 5.74) is 0.397. The van der Waals surface area contributed by atoms with Gasteiger partial charge < -0.3 is 19.0 Å². The normalized spacial score (nSPS) is 16.7. The van der Waals surface area contributed by atoms with E-state index in [1.807, 2.05) is 25.1 Å². The second-order valence-electron chi connectivity index (χ2n) is 7.17. The Morgan fingerprint density at radius 1 is 1.31 bits per heavy atom. The van der Waals surface area contributed by atoms with Gasteiger partial charge in [-0.1, -0.05) is 12.1 Å². The summed E-state index contributed by atoms with van der Waals surface area (Å²) in [6.45, 7) is 3.20. The van der Waals surface area contributed by atoms with Gasteiger partial charge in [0.1, 0.15) is 17.3 Å². The van der Waals surface area contributed by atoms with Crippen molar-refractivity contribution in [1.29, 1.82) is 0 Å². The van der Waals surface area contributed by atoms with Crippen LogP contribution in [0.4, 0.5) is 0 Å². The highest BCUT2D eigenvalue weighted by Gasteiger charge is 2.22. The minimum atomic E-state index is -0.211. The Hall–Kier alpha value is -3.19. The molecule has 1 N–H and O–H groups in total. The fourth-order valence-corrected chi connectivity index (χ4v) is 3.46. The molecule has 1 aliphatic heterocycles. The molecule has 7 nitrogen and oxygen atoms in total. The number of amides is 1. The third-order valence-electron chi connectivity index (χ3n) is 4.91. The zero-order valence-electron chi connectivity index (χ0n) is 16.3. The van der Waals surface area contributed by atoms with Crippen molar-refractivity contribution in [3.63, 3.8) is 0 Å². The van der Waals surface area contributed by atoms with Crippen LogP contribution in [0.2, 0.25) is 0 Å². The third-order valence-corrected chi connectivity index (χ3v) is 4.91. The number of nitrogens with zero attached hydrogens (tertiary/aromatic N) is 2. The van der Waals surface area contributed by atoms with Gasteiger partial charge >= 0.3 is 0 Å². The predicted molar refractivity (Wildman–Crippen MR) is 109 cm³/mol. The lowest BCUT2D eigenvalue weighted by Crippen LogP contribution is -2.36. The van der Waals surface area contributed by atoms with E-state index in [2.05, 4.69) is 9.97 Å². The van der Waals surface area contributed by atoms with Crippen LogP contribution in [0.25, 0.3) is 17.0 Å². The van der Waals surface area contributed by atoms with Crippen molar-refractivity contribution >= 4 is 22.9 Å². The maximum absolute atomic E-state index is 12.9. The average molecular weight is 393 g/mol. The highest BCUT2D eigenvalue weighted by Crippen LogP contribution is 2.16. The molecule has 1 amide bonds. The molecule has 4 rings (SSSR count). The summed E-state index contributed by atoms with van der Waals surface area (Å²) in [6.07, 6.45) is 5.01. The monoisotopic (exact) mass is 393 g/mol. The smallest absolute Gasteiger partial charge is 0.258 e. The number of aromatic nitrogens is 2. The number of nitrogens with one attached hydrogen (secondary N) is 1. The molecule has 0 bridgehead atoms. The van der Waals surface area contributed by atoms with Gasteiger partial charge in [-0.2, -0.15) is 0 Å². The van der Waals surface area contributed by atoms with E-state index in [4.69, 9.17) is 9.15 Å². The lowest BCUT2D eigenvalue weighted by molar-refractivity contribution is -0.128. The van der Waals surface area contributed by atoms with Gasteiger partial charge in [-0.15, -0.1) is 0 Å². The van der Waals surface area contributed by atoms with Crippen LogP contribution in [0.1, 0.15) is 30.2 Å². The highest BCUT2D eigenvalue weighted by molar-refractivity contribution is 5.91. The second-order valence-corrected chi connectivity index (χ2v) is 7.17. The fraction of sp³-hybridized carbons (Fsp3) is 0.318. The van der Waals surface area contributed by atoms with Crippen LogP contribution in [0, 0.1) is 6.92 Å². The first-order valence-corrected chi connectivity index (χ1v) is 9.71. The number of furan rings is 1. The minimum absolute atomic E-state index is 0.00890. The molecular formula is C22H23N3O4. The molecular weight excluding hydrogens is 370 g/mol. The maximum atomic E-state index is 12.9. The van der Waals surface area contributed by atoms with Gasteiger partial charge in [0, 0.05) is 19.2 Å². The van der Waals surface area contributed by atoms with Gasteiger partial charge in [0.2, 0.25) is 5.91 Å². The van der Waals surface area contributed by atoms with Crippen LogP contribution in [-0.4, -0.2) is 40.0 Å². The molecule has 1 saturated heterocycles. The largest absolute Gasteiger partial charge is 0.462 e. The molecule has 3 heterocycles. The number of ether oxygens (including phenoxy) is 1. The SMILES string of the molecule is Cc1ccc(/C=C/C(=O)N(Cc2nc3ccccc3c(=O)[nH]2)C[C@H]2CCCO2)o1. The predicted octanol–water partition coefficient (Wildman–Crippen LogP) is 3.05. The summed E-state index contributed by atoms with van der Waals surface area (Å²) in [5.74, 6) is 1.66. The number of carbonyl (C=O) groups excluding carboxylic acids is 1. The molecule has 1 fully saturated rings. The van der Waals surface area contributed by atoms with Crippen molar-refractivity contribution in [3.8, 4) is 0 Å². The number of para-hydroxylation sites is 1. The van der Waals surface area contributed by atoms with E-state index < -0.39 is 0 Å². The number of rotatable bonds is 6. The second kappa shape index (κ2) is 8.45. The molecule has 1 atom stereocenters. The molecule has 0 aliphatic carbocycles. The van der Waals surface area contributed by atoms with Crippen molar-refractivity contribution in [2.24, 2.45) is 0 Å². The summed E-state index contributed by atoms with van der Waals surface area (Å²) >= 11 is 0. The topological polar surface area (TPSA) is 88.4 Å². The Balaban J connectivity index is 1.57. The van der Waals surface area contributed by atoms with Gasteiger partial charge in [0.15, 0.2) is 0 Å². The molecule has 0 spiro atoms. The minimum Gasteiger partial charge on any atom is -0.462 e. The molecule has 1 aliphatic rings. The molecule has 150 valence electrons. The van der Waals surface area contributed by atoms with E-state index in [9.17, 15) is 9.59 Å². The number of H-pyrrole nitrogens is 1. The van der Waals surface area contributed by atoms with Crippen LogP contribution in [-0.2, 0) is 16.1 Å². The number of hydrogen-bond donors (Lipinski definition) is 1. The Morgan fingerprint density at radius 3 is 2.93 bits per heavy atom. The molecule has 0 saturated carbocycles. The zero-order valence-corrected chi connectivity index (χ0v) is 16.3. The van der Waals surface area contributed by atoms with E-state index in [0.29, 0.717) is 35.6 Å². The summed E-state index contributed by atoms with van der Waals surface area (Å²) in [4.78, 5) is 34.2. The summed E-state index contributed by atoms with van der Waals surface area (Å²) in [6, 6.07) is 10.8. The maximum Gasteiger partial charge on any atom is 0.258 e. The molecule has 0 radical (unpaired) electrons. The first kappa shape index (κ1) is 19.1. The van der Waals surface area contributed by atoms with Gasteiger partial charge in [-0.05, 0) is 50.1 Å². The van der Waals surface area contributed by atoms with Crippen LogP contribution < -0.4 is 5.56 Å². The van der Waals surface area contributed by atoms with Crippen molar-refractivity contribution in [1.82, 2.24) is 14.9 Å². The highest BCUT2D eigenvalue weighted by atomic mass is 16.5. The van der Waals surface area contributed by atoms with Gasteiger partial charge in [-0.3, -0.25) is 9.59 Å². The lowest BCUT2D eigenvalue weighted by Gasteiger charge is -2.24. The molecule has 29 heavy (non-hydrogen) atoms. The molecule has 3 aromatic rings. The number of benzene rings is 1. The molecule has 2 aromatic heterocycles. The summed E-state index contributed by atoms with van der Waals surface area (Å²) in [7, 11) is 0. The first-order valence-electron chi connectivity index (χ1n) is 9.71. The first-order chi connectivity index (χ1) is 14.1. The number of fused-ring (bicyclic) bond motifs is 1. The van der Waals surface area contributed by atoms with E-state index in [-0.39, 0.29) is 24.1 Å². The van der Waals surface area contributed by atoms with Crippen LogP contribution >= 0.6 is 0 Å². The molecule has 7 heteroatoms. The Bertz CT molecular complexity index is 1090. The van der Waals surface area contributed by atoms with Crippen LogP contribution in [0.3, 0.4) is 0 Å². The molecule has 1 aromatic carbocycles. The molecule has 0 unspecified atom stereocenters. The third kappa shape index (κ3) is 4.63. The van der Waals surface area contributed by atoms with Crippen LogP contribution in [0.5, 0.6) is 0 Å². The van der Waals surface area contributed by atoms with Crippen molar-refractivity contribution in [2.45, 2.75) is 32.4 Å². The van der Waals surface area contributed by atoms with Crippen molar-refractivity contribution < 1.29 is 13.9 Å². The lowest BCUT2D eigenvalue weighted by atomic mass is 10.2. The van der Waals surface area contributed by atoms with E-state index >= 15 is 0 Å². The van der Waals surface area contributed by atoms with E-state index in [1.165, 1.54) is 6.08 Å². The standard InChI is InChI=1S/C22H23N3O4/c1-15-8-9-16(29-15)10-11-21(26)25(13-17-5-4-12-28-17)14-20-23-19-7-3-2-6-18(19)22(27)24-20/h2-3,6-11,17H,4-5,12-14H2,1H3,(H,23,24,27)/b11-10+/t17-/m1/s1. The number of aryl methyl sites for hydroxylation is 1. The quantitative estimate of drug-likeness (QED) is 0.650. The summed E-state index contributed by atoms with van der Waals surface area (Å²) in [5, 5.41) is 0.529. The average Bonchev–Trinajstić information content (AvgIpc) is 3.37. The zero-order chi connectivity index (χ0) is 20.2. The number of carbonyl (C=O) groups is 1. The van der Waals surface area contributed by atoms with Gasteiger partial charge in [0.25, 0.3) is 5.56 Å². The Labute approximate surface area is 168 Å². The van der Waals surface area contributed by atoms with E-state index in [0.717, 1.165) is 18.6 Å². The van der Waals surface area contributed by atoms with Gasteiger partial charge in [-0.25, -0.2) is 4.98 Å². The van der Waals surface area contributed by atoms with E-state index in [1.54, 1.807) is 29.2 Å². The summed E-state index contributed by atoms with van der Waals surface area (Å²) < 4.78 is 11.2. The van der Waals surface area contributed by atoms with Crippen molar-refractivity contribution in [2.75, 3.05) is 13.2 Å². The van der Waals surface area contributed by atoms with Crippen LogP contribution in [0.15, 0.2) is 51.7 Å².